The van der Waals surface area contributed by atoms with Gasteiger partial charge in [0.2, 0.25) is 17.6 Å². The molecule has 3 aromatic rings. The Balaban J connectivity index is 1.60. The smallest absolute Gasteiger partial charge is 0.406 e. The number of alkyl carbamates (subject to hydrolysis) is 1. The third kappa shape index (κ3) is 4.54. The van der Waals surface area contributed by atoms with Crippen LogP contribution in [0.2, 0.25) is 0 Å². The lowest BCUT2D eigenvalue weighted by Crippen LogP contribution is -2.25. The normalized spacial score (nSPS) is 10.3. The van der Waals surface area contributed by atoms with Gasteiger partial charge < -0.3 is 19.3 Å². The molecule has 0 saturated heterocycles. The van der Waals surface area contributed by atoms with Crippen LogP contribution in [0, 0.1) is 0 Å². The van der Waals surface area contributed by atoms with Crippen LogP contribution in [0.25, 0.3) is 11.4 Å². The Bertz CT molecular complexity index is 818. The highest BCUT2D eigenvalue weighted by atomic mass is 16.5. The summed E-state index contributed by atoms with van der Waals surface area (Å²) in [6.07, 6.45) is 1.52. The number of benzene rings is 1. The van der Waals surface area contributed by atoms with Crippen molar-refractivity contribution in [2.75, 3.05) is 13.7 Å². The van der Waals surface area contributed by atoms with Gasteiger partial charge in [0.25, 0.3) is 0 Å². The molecule has 25 heavy (non-hydrogen) atoms. The van der Waals surface area contributed by atoms with Gasteiger partial charge >= 0.3 is 6.09 Å². The largest absolute Gasteiger partial charge is 0.453 e. The highest BCUT2D eigenvalue weighted by Gasteiger charge is 2.10. The molecule has 128 valence electrons. The van der Waals surface area contributed by atoms with Gasteiger partial charge in [-0.25, -0.2) is 9.78 Å². The first kappa shape index (κ1) is 16.4. The van der Waals surface area contributed by atoms with Crippen LogP contribution in [0.1, 0.15) is 5.89 Å². The van der Waals surface area contributed by atoms with Crippen molar-refractivity contribution in [2.24, 2.45) is 0 Å². The van der Waals surface area contributed by atoms with Gasteiger partial charge in [-0.2, -0.15) is 4.98 Å². The van der Waals surface area contributed by atoms with E-state index in [-0.39, 0.29) is 0 Å². The number of hydrogen-bond donors (Lipinski definition) is 1. The van der Waals surface area contributed by atoms with Crippen molar-refractivity contribution in [3.8, 4) is 23.0 Å². The Morgan fingerprint density at radius 2 is 2.04 bits per heavy atom. The fourth-order valence-electron chi connectivity index (χ4n) is 2.00. The zero-order valence-electron chi connectivity index (χ0n) is 13.5. The molecule has 1 aromatic carbocycles. The quantitative estimate of drug-likeness (QED) is 0.736. The first-order valence-electron chi connectivity index (χ1n) is 7.58. The third-order valence-electron chi connectivity index (χ3n) is 3.22. The minimum Gasteiger partial charge on any atom is -0.453 e. The van der Waals surface area contributed by atoms with E-state index >= 15 is 0 Å². The summed E-state index contributed by atoms with van der Waals surface area (Å²) in [5.41, 5.74) is 0.705. The molecule has 0 saturated carbocycles. The van der Waals surface area contributed by atoms with Crippen molar-refractivity contribution < 1.29 is 18.8 Å². The summed E-state index contributed by atoms with van der Waals surface area (Å²) in [5, 5.41) is 6.45. The van der Waals surface area contributed by atoms with Gasteiger partial charge in [-0.05, 0) is 18.2 Å². The van der Waals surface area contributed by atoms with Gasteiger partial charge in [0.15, 0.2) is 0 Å². The van der Waals surface area contributed by atoms with E-state index < -0.39 is 6.09 Å². The Morgan fingerprint density at radius 3 is 2.76 bits per heavy atom. The van der Waals surface area contributed by atoms with E-state index in [2.05, 4.69) is 25.2 Å². The lowest BCUT2D eigenvalue weighted by atomic mass is 10.3. The molecule has 0 aliphatic rings. The third-order valence-corrected chi connectivity index (χ3v) is 3.22. The van der Waals surface area contributed by atoms with Crippen LogP contribution in [0.15, 0.2) is 53.2 Å². The maximum atomic E-state index is 11.0. The highest BCUT2D eigenvalue weighted by molar-refractivity contribution is 5.66. The van der Waals surface area contributed by atoms with E-state index in [0.717, 1.165) is 0 Å². The SMILES string of the molecule is COC(=O)NCCc1nc(-c2ccc(Oc3ccccc3)nc2)no1. The first-order valence-corrected chi connectivity index (χ1v) is 7.58. The average molecular weight is 340 g/mol. The van der Waals surface area contributed by atoms with E-state index in [1.54, 1.807) is 18.3 Å². The molecule has 1 N–H and O–H groups in total. The molecule has 2 aromatic heterocycles. The standard InChI is InChI=1S/C17H16N4O4/c1-23-17(22)18-10-9-15-20-16(21-25-15)12-7-8-14(19-11-12)24-13-5-3-2-4-6-13/h2-8,11H,9-10H2,1H3,(H,18,22). The van der Waals surface area contributed by atoms with Crippen LogP contribution in [-0.4, -0.2) is 34.9 Å². The Morgan fingerprint density at radius 1 is 1.20 bits per heavy atom. The number of carbonyl (C=O) groups excluding carboxylic acids is 1. The molecular weight excluding hydrogens is 324 g/mol. The van der Waals surface area contributed by atoms with Crippen molar-refractivity contribution in [2.45, 2.75) is 6.42 Å². The minimum atomic E-state index is -0.502. The molecule has 1 amide bonds. The summed E-state index contributed by atoms with van der Waals surface area (Å²) in [7, 11) is 1.30. The second-order valence-corrected chi connectivity index (χ2v) is 4.98. The minimum absolute atomic E-state index is 0.344. The number of carbonyl (C=O) groups is 1. The van der Waals surface area contributed by atoms with Crippen LogP contribution >= 0.6 is 0 Å². The van der Waals surface area contributed by atoms with Gasteiger partial charge in [0.05, 0.1) is 7.11 Å². The predicted molar refractivity (Wildman–Crippen MR) is 88.2 cm³/mol. The monoisotopic (exact) mass is 340 g/mol. The highest BCUT2D eigenvalue weighted by Crippen LogP contribution is 2.21. The molecule has 3 rings (SSSR count). The van der Waals surface area contributed by atoms with Crippen molar-refractivity contribution in [3.05, 3.63) is 54.6 Å². The number of nitrogens with one attached hydrogen (secondary N) is 1. The summed E-state index contributed by atoms with van der Waals surface area (Å²) >= 11 is 0. The van der Waals surface area contributed by atoms with E-state index in [1.165, 1.54) is 7.11 Å². The summed E-state index contributed by atoms with van der Waals surface area (Å²) in [4.78, 5) is 19.5. The maximum Gasteiger partial charge on any atom is 0.406 e. The fourth-order valence-corrected chi connectivity index (χ4v) is 2.00. The summed E-state index contributed by atoms with van der Waals surface area (Å²) in [5.74, 6) is 2.02. The Kier molecular flexibility index (Phi) is 5.20. The number of nitrogens with zero attached hydrogens (tertiary/aromatic N) is 3. The van der Waals surface area contributed by atoms with Gasteiger partial charge in [-0.3, -0.25) is 0 Å². The van der Waals surface area contributed by atoms with Gasteiger partial charge in [-0.15, -0.1) is 0 Å². The maximum absolute atomic E-state index is 11.0. The van der Waals surface area contributed by atoms with Gasteiger partial charge in [-0.1, -0.05) is 23.4 Å². The number of pyridine rings is 1. The van der Waals surface area contributed by atoms with Crippen LogP contribution in [0.5, 0.6) is 11.6 Å². The Labute approximate surface area is 143 Å². The molecule has 0 bridgehead atoms. The van der Waals surface area contributed by atoms with Crippen LogP contribution < -0.4 is 10.1 Å². The van der Waals surface area contributed by atoms with E-state index in [0.29, 0.717) is 41.9 Å². The molecule has 0 fully saturated rings. The van der Waals surface area contributed by atoms with Gasteiger partial charge in [0, 0.05) is 30.8 Å². The molecule has 8 heteroatoms. The van der Waals surface area contributed by atoms with Crippen molar-refractivity contribution in [1.82, 2.24) is 20.4 Å². The predicted octanol–water partition coefficient (Wildman–Crippen LogP) is 2.82. The van der Waals surface area contributed by atoms with Crippen molar-refractivity contribution in [1.29, 1.82) is 0 Å². The van der Waals surface area contributed by atoms with Crippen LogP contribution in [0.3, 0.4) is 0 Å². The van der Waals surface area contributed by atoms with Crippen molar-refractivity contribution >= 4 is 6.09 Å². The number of ether oxygens (including phenoxy) is 2. The zero-order valence-corrected chi connectivity index (χ0v) is 13.5. The van der Waals surface area contributed by atoms with Crippen molar-refractivity contribution in [3.63, 3.8) is 0 Å². The second-order valence-electron chi connectivity index (χ2n) is 4.98. The molecule has 2 heterocycles. The average Bonchev–Trinajstić information content (AvgIpc) is 3.12. The number of hydrogen-bond acceptors (Lipinski definition) is 7. The van der Waals surface area contributed by atoms with Crippen LogP contribution in [0.4, 0.5) is 4.79 Å². The van der Waals surface area contributed by atoms with E-state index in [9.17, 15) is 4.79 Å². The molecule has 0 atom stereocenters. The second kappa shape index (κ2) is 7.91. The molecule has 8 nitrogen and oxygen atoms in total. The number of para-hydroxylation sites is 1. The van der Waals surface area contributed by atoms with Crippen LogP contribution in [-0.2, 0) is 11.2 Å². The first-order chi connectivity index (χ1) is 12.2. The number of amides is 1. The summed E-state index contributed by atoms with van der Waals surface area (Å²) in [6.45, 7) is 0.344. The zero-order chi connectivity index (χ0) is 17.5. The number of rotatable bonds is 6. The lowest BCUT2D eigenvalue weighted by Gasteiger charge is -2.04. The molecule has 0 aliphatic carbocycles. The molecule has 0 spiro atoms. The molecule has 0 radical (unpaired) electrons. The van der Waals surface area contributed by atoms with E-state index in [4.69, 9.17) is 9.26 Å². The van der Waals surface area contributed by atoms with Gasteiger partial charge in [0.1, 0.15) is 5.75 Å². The fraction of sp³-hybridized carbons (Fsp3) is 0.176. The molecule has 0 unspecified atom stereocenters. The number of methoxy groups -OCH3 is 1. The molecule has 0 aliphatic heterocycles. The summed E-state index contributed by atoms with van der Waals surface area (Å²) < 4.78 is 15.3. The van der Waals surface area contributed by atoms with E-state index in [1.807, 2.05) is 30.3 Å². The topological polar surface area (TPSA) is 99.4 Å². The Hall–Kier alpha value is -3.42. The lowest BCUT2D eigenvalue weighted by molar-refractivity contribution is 0.171. The number of aromatic nitrogens is 3. The molecular formula is C17H16N4O4. The summed E-state index contributed by atoms with van der Waals surface area (Å²) in [6, 6.07) is 12.9.